The number of piperidine rings is 1. The first kappa shape index (κ1) is 25.3. The number of hydrogen-bond donors (Lipinski definition) is 0. The zero-order valence-corrected chi connectivity index (χ0v) is 20.8. The van der Waals surface area contributed by atoms with Gasteiger partial charge in [-0.05, 0) is 43.4 Å². The number of piperazine rings is 1. The summed E-state index contributed by atoms with van der Waals surface area (Å²) in [4.78, 5) is 28.5. The van der Waals surface area contributed by atoms with E-state index in [0.29, 0.717) is 57.9 Å². The fraction of sp³-hybridized carbons (Fsp3) is 0.652. The lowest BCUT2D eigenvalue weighted by Crippen LogP contribution is -2.54. The van der Waals surface area contributed by atoms with E-state index in [0.717, 1.165) is 5.56 Å². The Labute approximate surface area is 196 Å². The molecule has 1 atom stereocenters. The van der Waals surface area contributed by atoms with Crippen molar-refractivity contribution in [2.45, 2.75) is 44.4 Å². The topological polar surface area (TPSA) is 96.5 Å². The van der Waals surface area contributed by atoms with Crippen LogP contribution in [-0.4, -0.2) is 87.5 Å². The molecule has 9 nitrogen and oxygen atoms in total. The number of benzene rings is 1. The molecule has 2 saturated heterocycles. The van der Waals surface area contributed by atoms with Crippen molar-refractivity contribution in [3.8, 4) is 5.75 Å². The highest BCUT2D eigenvalue weighted by Crippen LogP contribution is 2.32. The first-order valence-electron chi connectivity index (χ1n) is 11.6. The number of carbonyl (C=O) groups excluding carboxylic acids is 2. The Kier molecular flexibility index (Phi) is 8.23. The van der Waals surface area contributed by atoms with Gasteiger partial charge in [-0.1, -0.05) is 19.9 Å². The number of hydrogen-bond acceptors (Lipinski definition) is 6. The van der Waals surface area contributed by atoms with Gasteiger partial charge < -0.3 is 19.3 Å². The van der Waals surface area contributed by atoms with Crippen molar-refractivity contribution >= 4 is 22.0 Å². The molecule has 0 radical (unpaired) electrons. The summed E-state index contributed by atoms with van der Waals surface area (Å²) in [6.07, 6.45) is 0.897. The SMILES string of the molecule is CCOC(=O)N1CCN(C(=O)[C@@H]2CCCN(S(=O)(=O)c3cc(C(C)C)ccc3OC)C2)CC1. The average molecular weight is 482 g/mol. The minimum atomic E-state index is -3.82. The third-order valence-corrected chi connectivity index (χ3v) is 8.21. The van der Waals surface area contributed by atoms with Crippen LogP contribution in [0.4, 0.5) is 4.79 Å². The normalized spacial score (nSPS) is 20.1. The molecule has 2 aliphatic heterocycles. The quantitative estimate of drug-likeness (QED) is 0.620. The van der Waals surface area contributed by atoms with Gasteiger partial charge in [-0.25, -0.2) is 13.2 Å². The summed E-state index contributed by atoms with van der Waals surface area (Å²) in [5.41, 5.74) is 0.915. The van der Waals surface area contributed by atoms with Gasteiger partial charge in [0.2, 0.25) is 15.9 Å². The van der Waals surface area contributed by atoms with Gasteiger partial charge >= 0.3 is 6.09 Å². The lowest BCUT2D eigenvalue weighted by Gasteiger charge is -2.38. The Morgan fingerprint density at radius 1 is 1.09 bits per heavy atom. The van der Waals surface area contributed by atoms with Gasteiger partial charge in [0.25, 0.3) is 0 Å². The summed E-state index contributed by atoms with van der Waals surface area (Å²) in [5, 5.41) is 0. The van der Waals surface area contributed by atoms with E-state index in [4.69, 9.17) is 9.47 Å². The van der Waals surface area contributed by atoms with Crippen molar-refractivity contribution in [3.63, 3.8) is 0 Å². The van der Waals surface area contributed by atoms with Crippen LogP contribution in [0.1, 0.15) is 45.1 Å². The summed E-state index contributed by atoms with van der Waals surface area (Å²) in [7, 11) is -2.36. The van der Waals surface area contributed by atoms with Crippen molar-refractivity contribution in [2.24, 2.45) is 5.92 Å². The van der Waals surface area contributed by atoms with Crippen LogP contribution >= 0.6 is 0 Å². The van der Waals surface area contributed by atoms with Crippen LogP contribution in [0.3, 0.4) is 0 Å². The molecule has 2 fully saturated rings. The van der Waals surface area contributed by atoms with E-state index in [1.165, 1.54) is 11.4 Å². The summed E-state index contributed by atoms with van der Waals surface area (Å²) in [5.74, 6) is 0.0278. The molecule has 184 valence electrons. The van der Waals surface area contributed by atoms with Crippen molar-refractivity contribution in [1.82, 2.24) is 14.1 Å². The van der Waals surface area contributed by atoms with E-state index in [9.17, 15) is 18.0 Å². The zero-order chi connectivity index (χ0) is 24.2. The molecule has 2 aliphatic rings. The molecule has 0 bridgehead atoms. The number of ether oxygens (including phenoxy) is 2. The zero-order valence-electron chi connectivity index (χ0n) is 20.0. The Bertz CT molecular complexity index is 957. The van der Waals surface area contributed by atoms with Crippen LogP contribution in [0.15, 0.2) is 23.1 Å². The number of nitrogens with zero attached hydrogens (tertiary/aromatic N) is 3. The molecular weight excluding hydrogens is 446 g/mol. The highest BCUT2D eigenvalue weighted by Gasteiger charge is 2.37. The van der Waals surface area contributed by atoms with E-state index < -0.39 is 15.9 Å². The Morgan fingerprint density at radius 3 is 2.36 bits per heavy atom. The van der Waals surface area contributed by atoms with E-state index in [2.05, 4.69) is 0 Å². The Hall–Kier alpha value is -2.33. The van der Waals surface area contributed by atoms with Crippen LogP contribution in [0.25, 0.3) is 0 Å². The van der Waals surface area contributed by atoms with Crippen LogP contribution in [0.5, 0.6) is 5.75 Å². The maximum absolute atomic E-state index is 13.5. The van der Waals surface area contributed by atoms with Crippen molar-refractivity contribution in [2.75, 3.05) is 53.0 Å². The second kappa shape index (κ2) is 10.7. The number of rotatable bonds is 6. The molecule has 1 aromatic carbocycles. The molecule has 0 aliphatic carbocycles. The van der Waals surface area contributed by atoms with Gasteiger partial charge in [-0.3, -0.25) is 4.79 Å². The maximum Gasteiger partial charge on any atom is 0.409 e. The number of amides is 2. The fourth-order valence-electron chi connectivity index (χ4n) is 4.34. The van der Waals surface area contributed by atoms with Crippen molar-refractivity contribution in [1.29, 1.82) is 0 Å². The molecule has 2 amide bonds. The Morgan fingerprint density at radius 2 is 1.76 bits per heavy atom. The molecule has 2 heterocycles. The predicted molar refractivity (Wildman–Crippen MR) is 124 cm³/mol. The van der Waals surface area contributed by atoms with E-state index in [-0.39, 0.29) is 29.4 Å². The smallest absolute Gasteiger partial charge is 0.409 e. The Balaban J connectivity index is 1.71. The lowest BCUT2D eigenvalue weighted by molar-refractivity contribution is -0.138. The summed E-state index contributed by atoms with van der Waals surface area (Å²) < 4.78 is 38.8. The van der Waals surface area contributed by atoms with Gasteiger partial charge in [-0.2, -0.15) is 4.31 Å². The second-order valence-corrected chi connectivity index (χ2v) is 10.7. The summed E-state index contributed by atoms with van der Waals surface area (Å²) in [6.45, 7) is 8.29. The average Bonchev–Trinajstić information content (AvgIpc) is 2.83. The van der Waals surface area contributed by atoms with E-state index in [1.807, 2.05) is 19.9 Å². The van der Waals surface area contributed by atoms with E-state index in [1.54, 1.807) is 28.9 Å². The second-order valence-electron chi connectivity index (χ2n) is 8.78. The van der Waals surface area contributed by atoms with E-state index >= 15 is 0 Å². The molecular formula is C23H35N3O6S. The summed E-state index contributed by atoms with van der Waals surface area (Å²) in [6, 6.07) is 5.25. The third kappa shape index (κ3) is 5.60. The highest BCUT2D eigenvalue weighted by molar-refractivity contribution is 7.89. The van der Waals surface area contributed by atoms with Gasteiger partial charge in [0.15, 0.2) is 0 Å². The standard InChI is InChI=1S/C23H35N3O6S/c1-5-32-23(28)25-13-11-24(12-14-25)22(27)19-7-6-10-26(16-19)33(29,30)21-15-18(17(2)3)8-9-20(21)31-4/h8-9,15,17,19H,5-7,10-14,16H2,1-4H3/t19-/m1/s1. The molecule has 3 rings (SSSR count). The largest absolute Gasteiger partial charge is 0.495 e. The van der Waals surface area contributed by atoms with Gasteiger partial charge in [0, 0.05) is 39.3 Å². The molecule has 10 heteroatoms. The van der Waals surface area contributed by atoms with Crippen LogP contribution in [-0.2, 0) is 19.6 Å². The van der Waals surface area contributed by atoms with Crippen molar-refractivity contribution in [3.05, 3.63) is 23.8 Å². The number of sulfonamides is 1. The maximum atomic E-state index is 13.5. The molecule has 0 unspecified atom stereocenters. The highest BCUT2D eigenvalue weighted by atomic mass is 32.2. The first-order valence-corrected chi connectivity index (χ1v) is 13.0. The molecule has 33 heavy (non-hydrogen) atoms. The fourth-order valence-corrected chi connectivity index (χ4v) is 6.05. The van der Waals surface area contributed by atoms with Crippen LogP contribution in [0, 0.1) is 5.92 Å². The monoisotopic (exact) mass is 481 g/mol. The molecule has 1 aromatic rings. The predicted octanol–water partition coefficient (Wildman–Crippen LogP) is 2.52. The first-order chi connectivity index (χ1) is 15.7. The molecule has 0 aromatic heterocycles. The lowest BCUT2D eigenvalue weighted by atomic mass is 9.98. The number of carbonyl (C=O) groups is 2. The summed E-state index contributed by atoms with van der Waals surface area (Å²) >= 11 is 0. The minimum absolute atomic E-state index is 0.0543. The van der Waals surface area contributed by atoms with Crippen LogP contribution in [0.2, 0.25) is 0 Å². The molecule has 0 spiro atoms. The van der Waals surface area contributed by atoms with Crippen molar-refractivity contribution < 1.29 is 27.5 Å². The van der Waals surface area contributed by atoms with Gasteiger partial charge in [-0.15, -0.1) is 0 Å². The van der Waals surface area contributed by atoms with Gasteiger partial charge in [0.05, 0.1) is 19.6 Å². The third-order valence-electron chi connectivity index (χ3n) is 6.32. The molecule has 0 N–H and O–H groups in total. The molecule has 0 saturated carbocycles. The number of methoxy groups -OCH3 is 1. The van der Waals surface area contributed by atoms with Crippen LogP contribution < -0.4 is 4.74 Å². The minimum Gasteiger partial charge on any atom is -0.495 e. The van der Waals surface area contributed by atoms with Gasteiger partial charge in [0.1, 0.15) is 10.6 Å².